The molecule has 0 aromatic carbocycles. The number of aliphatic imine (C=N–C) groups is 1. The van der Waals surface area contributed by atoms with E-state index in [1.54, 1.807) is 6.20 Å². The lowest BCUT2D eigenvalue weighted by molar-refractivity contribution is 0.410. The van der Waals surface area contributed by atoms with Crippen LogP contribution in [-0.2, 0) is 6.54 Å². The molecule has 2 rings (SSSR count). The van der Waals surface area contributed by atoms with Gasteiger partial charge in [0.2, 0.25) is 0 Å². The summed E-state index contributed by atoms with van der Waals surface area (Å²) in [6.07, 6.45) is 10.4. The Morgan fingerprint density at radius 1 is 1.37 bits per heavy atom. The predicted molar refractivity (Wildman–Crippen MR) is 78.2 cm³/mol. The van der Waals surface area contributed by atoms with Crippen LogP contribution in [0.3, 0.4) is 0 Å². The fourth-order valence-corrected chi connectivity index (χ4v) is 2.46. The van der Waals surface area contributed by atoms with Gasteiger partial charge in [-0.15, -0.1) is 0 Å². The fourth-order valence-electron chi connectivity index (χ4n) is 2.46. The minimum absolute atomic E-state index is 0.594. The Labute approximate surface area is 115 Å². The molecule has 1 aliphatic rings. The van der Waals surface area contributed by atoms with Crippen molar-refractivity contribution < 1.29 is 0 Å². The zero-order chi connectivity index (χ0) is 13.3. The summed E-state index contributed by atoms with van der Waals surface area (Å²) in [5, 5.41) is 11.0. The molecule has 5 nitrogen and oxygen atoms in total. The van der Waals surface area contributed by atoms with Crippen LogP contribution in [0.2, 0.25) is 0 Å². The van der Waals surface area contributed by atoms with Crippen LogP contribution in [0.4, 0.5) is 0 Å². The zero-order valence-electron chi connectivity index (χ0n) is 11.8. The van der Waals surface area contributed by atoms with Gasteiger partial charge in [-0.2, -0.15) is 5.10 Å². The Bertz CT molecular complexity index is 365. The first-order valence-electron chi connectivity index (χ1n) is 7.40. The van der Waals surface area contributed by atoms with Crippen molar-refractivity contribution in [2.24, 2.45) is 4.99 Å². The Morgan fingerprint density at radius 2 is 2.21 bits per heavy atom. The fraction of sp³-hybridized carbons (Fsp3) is 0.714. The molecule has 106 valence electrons. The molecule has 0 aliphatic heterocycles. The average Bonchev–Trinajstić information content (AvgIpc) is 2.93. The van der Waals surface area contributed by atoms with Crippen molar-refractivity contribution in [3.63, 3.8) is 0 Å². The highest BCUT2D eigenvalue weighted by Gasteiger charge is 2.14. The highest BCUT2D eigenvalue weighted by atomic mass is 15.3. The van der Waals surface area contributed by atoms with E-state index in [0.717, 1.165) is 25.6 Å². The van der Waals surface area contributed by atoms with Crippen LogP contribution in [0.5, 0.6) is 0 Å². The molecule has 0 amide bonds. The Kier molecular flexibility index (Phi) is 5.72. The van der Waals surface area contributed by atoms with Gasteiger partial charge in [0.05, 0.1) is 13.1 Å². The lowest BCUT2D eigenvalue weighted by Gasteiger charge is -2.24. The van der Waals surface area contributed by atoms with Crippen LogP contribution in [0.15, 0.2) is 23.5 Å². The average molecular weight is 263 g/mol. The van der Waals surface area contributed by atoms with Crippen molar-refractivity contribution in [1.82, 2.24) is 20.4 Å². The molecule has 19 heavy (non-hydrogen) atoms. The van der Waals surface area contributed by atoms with E-state index in [9.17, 15) is 0 Å². The zero-order valence-corrected chi connectivity index (χ0v) is 11.8. The smallest absolute Gasteiger partial charge is 0.191 e. The maximum absolute atomic E-state index is 4.62. The summed E-state index contributed by atoms with van der Waals surface area (Å²) in [4.78, 5) is 4.62. The van der Waals surface area contributed by atoms with Crippen molar-refractivity contribution >= 4 is 5.96 Å². The van der Waals surface area contributed by atoms with E-state index in [1.807, 2.05) is 16.9 Å². The molecule has 1 aromatic heterocycles. The van der Waals surface area contributed by atoms with Crippen molar-refractivity contribution in [3.05, 3.63) is 18.5 Å². The van der Waals surface area contributed by atoms with Crippen LogP contribution in [0, 0.1) is 0 Å². The van der Waals surface area contributed by atoms with Crippen LogP contribution in [0.25, 0.3) is 0 Å². The third-order valence-corrected chi connectivity index (χ3v) is 3.45. The molecular formula is C14H25N5. The Hall–Kier alpha value is -1.52. The quantitative estimate of drug-likeness (QED) is 0.629. The monoisotopic (exact) mass is 263 g/mol. The molecule has 0 saturated heterocycles. The first-order chi connectivity index (χ1) is 9.38. The SMILES string of the molecule is CCNC(=NCCn1cccn1)NC1CCCCC1. The second-order valence-corrected chi connectivity index (χ2v) is 5.01. The van der Waals surface area contributed by atoms with Crippen molar-refractivity contribution in [2.45, 2.75) is 51.6 Å². The second kappa shape index (κ2) is 7.81. The predicted octanol–water partition coefficient (Wildman–Crippen LogP) is 1.77. The molecule has 2 N–H and O–H groups in total. The summed E-state index contributed by atoms with van der Waals surface area (Å²) in [6.45, 7) is 4.59. The van der Waals surface area contributed by atoms with Gasteiger partial charge in [0.25, 0.3) is 0 Å². The minimum Gasteiger partial charge on any atom is -0.357 e. The highest BCUT2D eigenvalue weighted by molar-refractivity contribution is 5.80. The van der Waals surface area contributed by atoms with Gasteiger partial charge in [-0.05, 0) is 25.8 Å². The topological polar surface area (TPSA) is 54.2 Å². The molecule has 0 bridgehead atoms. The Balaban J connectivity index is 1.79. The Morgan fingerprint density at radius 3 is 2.89 bits per heavy atom. The van der Waals surface area contributed by atoms with E-state index in [-0.39, 0.29) is 0 Å². The number of hydrogen-bond donors (Lipinski definition) is 2. The maximum Gasteiger partial charge on any atom is 0.191 e. The summed E-state index contributed by atoms with van der Waals surface area (Å²) in [7, 11) is 0. The standard InChI is InChI=1S/C14H25N5/c1-2-15-14(18-13-7-4-3-5-8-13)16-10-12-19-11-6-9-17-19/h6,9,11,13H,2-5,7-8,10,12H2,1H3,(H2,15,16,18). The summed E-state index contributed by atoms with van der Waals surface area (Å²) < 4.78 is 1.91. The lowest BCUT2D eigenvalue weighted by Crippen LogP contribution is -2.44. The van der Waals surface area contributed by atoms with E-state index < -0.39 is 0 Å². The van der Waals surface area contributed by atoms with Gasteiger partial charge in [-0.3, -0.25) is 9.67 Å². The third-order valence-electron chi connectivity index (χ3n) is 3.45. The molecular weight excluding hydrogens is 238 g/mol. The molecule has 1 fully saturated rings. The first kappa shape index (κ1) is 13.9. The first-order valence-corrected chi connectivity index (χ1v) is 7.40. The summed E-state index contributed by atoms with van der Waals surface area (Å²) in [6, 6.07) is 2.53. The number of aromatic nitrogens is 2. The van der Waals surface area contributed by atoms with E-state index in [1.165, 1.54) is 32.1 Å². The van der Waals surface area contributed by atoms with Crippen LogP contribution >= 0.6 is 0 Å². The highest BCUT2D eigenvalue weighted by Crippen LogP contribution is 2.17. The number of guanidine groups is 1. The molecule has 0 atom stereocenters. The van der Waals surface area contributed by atoms with Gasteiger partial charge in [0.15, 0.2) is 5.96 Å². The number of hydrogen-bond acceptors (Lipinski definition) is 2. The molecule has 0 radical (unpaired) electrons. The van der Waals surface area contributed by atoms with Gasteiger partial charge >= 0.3 is 0 Å². The summed E-state index contributed by atoms with van der Waals surface area (Å²) in [5.41, 5.74) is 0. The second-order valence-electron chi connectivity index (χ2n) is 5.01. The molecule has 1 heterocycles. The normalized spacial score (nSPS) is 17.4. The van der Waals surface area contributed by atoms with E-state index in [0.29, 0.717) is 6.04 Å². The van der Waals surface area contributed by atoms with Gasteiger partial charge in [-0.25, -0.2) is 0 Å². The molecule has 0 spiro atoms. The van der Waals surface area contributed by atoms with Crippen LogP contribution < -0.4 is 10.6 Å². The van der Waals surface area contributed by atoms with E-state index in [2.05, 4.69) is 27.6 Å². The number of rotatable bonds is 5. The molecule has 0 unspecified atom stereocenters. The molecule has 1 aromatic rings. The van der Waals surface area contributed by atoms with Crippen molar-refractivity contribution in [2.75, 3.05) is 13.1 Å². The van der Waals surface area contributed by atoms with Crippen LogP contribution in [0.1, 0.15) is 39.0 Å². The van der Waals surface area contributed by atoms with E-state index in [4.69, 9.17) is 0 Å². The number of nitrogens with one attached hydrogen (secondary N) is 2. The largest absolute Gasteiger partial charge is 0.357 e. The van der Waals surface area contributed by atoms with Crippen molar-refractivity contribution in [1.29, 1.82) is 0 Å². The van der Waals surface area contributed by atoms with Crippen LogP contribution in [-0.4, -0.2) is 34.9 Å². The maximum atomic E-state index is 4.62. The van der Waals surface area contributed by atoms with Gasteiger partial charge < -0.3 is 10.6 Å². The summed E-state index contributed by atoms with van der Waals surface area (Å²) >= 11 is 0. The molecule has 1 aliphatic carbocycles. The minimum atomic E-state index is 0.594. The van der Waals surface area contributed by atoms with Gasteiger partial charge in [-0.1, -0.05) is 19.3 Å². The molecule has 1 saturated carbocycles. The number of nitrogens with zero attached hydrogens (tertiary/aromatic N) is 3. The van der Waals surface area contributed by atoms with Crippen molar-refractivity contribution in [3.8, 4) is 0 Å². The summed E-state index contributed by atoms with van der Waals surface area (Å²) in [5.74, 6) is 0.946. The third kappa shape index (κ3) is 4.93. The van der Waals surface area contributed by atoms with E-state index >= 15 is 0 Å². The molecule has 5 heteroatoms. The lowest BCUT2D eigenvalue weighted by atomic mass is 9.96. The van der Waals surface area contributed by atoms with Gasteiger partial charge in [0, 0.05) is 25.0 Å². The van der Waals surface area contributed by atoms with Gasteiger partial charge in [0.1, 0.15) is 0 Å².